The van der Waals surface area contributed by atoms with Crippen LogP contribution in [0.4, 0.5) is 37.7 Å². The molecule has 0 bridgehead atoms. The van der Waals surface area contributed by atoms with Crippen molar-refractivity contribution >= 4 is 16.9 Å². The second-order valence-corrected chi connectivity index (χ2v) is 16.9. The number of nitrogens with zero attached hydrogens (tertiary/aromatic N) is 10. The van der Waals surface area contributed by atoms with Gasteiger partial charge in [-0.1, -0.05) is 56.8 Å². The molecule has 0 amide bonds. The van der Waals surface area contributed by atoms with Gasteiger partial charge in [0.1, 0.15) is 0 Å². The largest absolute Gasteiger partial charge is 0.416 e. The van der Waals surface area contributed by atoms with E-state index in [-0.39, 0.29) is 39.8 Å². The highest BCUT2D eigenvalue weighted by Gasteiger charge is 2.33. The Kier molecular flexibility index (Phi) is 13.7. The molecule has 8 aromatic rings. The van der Waals surface area contributed by atoms with Gasteiger partial charge in [-0.2, -0.15) is 36.5 Å². The van der Waals surface area contributed by atoms with E-state index < -0.39 is 46.0 Å². The molecule has 0 atom stereocenters. The molecule has 0 radical (unpaired) electrons. The predicted octanol–water partition coefficient (Wildman–Crippen LogP) is 10.7. The maximum Gasteiger partial charge on any atom is 0.416 e. The summed E-state index contributed by atoms with van der Waals surface area (Å²) < 4.78 is 87.3. The van der Waals surface area contributed by atoms with Crippen molar-refractivity contribution in [1.29, 1.82) is 0 Å². The minimum atomic E-state index is -4.61. The van der Waals surface area contributed by atoms with E-state index in [2.05, 4.69) is 26.5 Å². The number of hydrogen-bond acceptors (Lipinski definition) is 6. The molecule has 0 saturated carbocycles. The molecule has 8 rings (SSSR count). The second-order valence-electron chi connectivity index (χ2n) is 16.9. The predicted molar refractivity (Wildman–Crippen MR) is 260 cm³/mol. The molecule has 0 unspecified atom stereocenters. The highest BCUT2D eigenvalue weighted by atomic mass is 19.4. The lowest BCUT2D eigenvalue weighted by molar-refractivity contribution is -0.138. The number of benzene rings is 4. The van der Waals surface area contributed by atoms with E-state index in [0.717, 1.165) is 48.1 Å². The molecule has 0 N–H and O–H groups in total. The first-order chi connectivity index (χ1) is 33.9. The second kappa shape index (κ2) is 19.4. The zero-order valence-electron chi connectivity index (χ0n) is 39.5. The van der Waals surface area contributed by atoms with Crippen LogP contribution >= 0.6 is 0 Å². The minimum Gasteiger partial charge on any atom is -0.268 e. The zero-order chi connectivity index (χ0) is 52.7. The zero-order valence-corrected chi connectivity index (χ0v) is 39.5. The van der Waals surface area contributed by atoms with E-state index >= 15 is 0 Å². The molecule has 366 valence electrons. The van der Waals surface area contributed by atoms with Gasteiger partial charge in [0, 0.05) is 36.6 Å². The van der Waals surface area contributed by atoms with Crippen LogP contribution in [0.2, 0.25) is 0 Å². The molecule has 14 nitrogen and oxygen atoms in total. The van der Waals surface area contributed by atoms with Gasteiger partial charge in [0.25, 0.3) is 11.1 Å². The molecule has 0 aliphatic heterocycles. The maximum absolute atomic E-state index is 13.5. The smallest absolute Gasteiger partial charge is 0.268 e. The molecule has 0 aliphatic carbocycles. The summed E-state index contributed by atoms with van der Waals surface area (Å²) in [6.45, 7) is 26.9. The van der Waals surface area contributed by atoms with Gasteiger partial charge in [-0.15, -0.1) is 0 Å². The standard InChI is InChI=1S/C26H22F3N5O2.C26H20F3N5O2/c2*1-15(2)21-14-31-34(19-11-9-18(30-4)10-12-19)23(21)22-16(3)33(25(36)32(5)24(22)35)20-8-6-7-17(13-20)26(27,28)29/h6-15H,1-3,5H3;6-14H,1H2,2-3,5H3. The average molecular weight is 985 g/mol. The molecule has 4 aromatic carbocycles. The van der Waals surface area contributed by atoms with Crippen molar-refractivity contribution in [2.24, 2.45) is 14.1 Å². The average Bonchev–Trinajstić information content (AvgIpc) is 3.99. The monoisotopic (exact) mass is 984 g/mol. The fourth-order valence-corrected chi connectivity index (χ4v) is 8.09. The normalized spacial score (nSPS) is 11.5. The first-order valence-electron chi connectivity index (χ1n) is 21.7. The van der Waals surface area contributed by atoms with Crippen LogP contribution in [0.5, 0.6) is 0 Å². The molecule has 0 fully saturated rings. The van der Waals surface area contributed by atoms with Gasteiger partial charge in [-0.25, -0.2) is 28.6 Å². The number of alkyl halides is 6. The quantitative estimate of drug-likeness (QED) is 0.110. The third-order valence-corrected chi connectivity index (χ3v) is 11.8. The van der Waals surface area contributed by atoms with Crippen LogP contribution in [0.1, 0.15) is 60.3 Å². The van der Waals surface area contributed by atoms with Gasteiger partial charge in [0.15, 0.2) is 11.4 Å². The summed E-state index contributed by atoms with van der Waals surface area (Å²) in [7, 11) is 2.56. The van der Waals surface area contributed by atoms with Crippen molar-refractivity contribution < 1.29 is 26.3 Å². The Morgan fingerprint density at radius 2 is 0.986 bits per heavy atom. The number of aromatic nitrogens is 8. The molecule has 4 heterocycles. The van der Waals surface area contributed by atoms with Gasteiger partial charge >= 0.3 is 23.7 Å². The molecule has 0 aliphatic rings. The van der Waals surface area contributed by atoms with Crippen LogP contribution in [-0.4, -0.2) is 37.8 Å². The first kappa shape index (κ1) is 50.8. The minimum absolute atomic E-state index is 0.0113. The molecule has 20 heteroatoms. The third-order valence-electron chi connectivity index (χ3n) is 11.8. The van der Waals surface area contributed by atoms with E-state index in [1.54, 1.807) is 66.3 Å². The van der Waals surface area contributed by atoms with Crippen molar-refractivity contribution in [1.82, 2.24) is 37.8 Å². The van der Waals surface area contributed by atoms with E-state index in [1.807, 2.05) is 13.8 Å². The number of rotatable bonds is 8. The Hall–Kier alpha value is -9.04. The molecular weight excluding hydrogens is 943 g/mol. The van der Waals surface area contributed by atoms with E-state index in [0.29, 0.717) is 45.3 Å². The van der Waals surface area contributed by atoms with Crippen LogP contribution in [0.15, 0.2) is 135 Å². The number of allylic oxidation sites excluding steroid dienone is 1. The Morgan fingerprint density at radius 3 is 1.36 bits per heavy atom. The number of halogens is 6. The SMILES string of the molecule is [C-]#[N+]c1ccc(-n2ncc(C(=C)C)c2-c2c(C)n(-c3cccc(C(F)(F)F)c3)c(=O)n(C)c2=O)cc1.[C-]#[N+]c1ccc(-n2ncc(C(C)C)c2-c2c(C)n(-c3cccc(C(F)(F)F)c3)c(=O)n(C)c2=O)cc1. The van der Waals surface area contributed by atoms with Crippen LogP contribution in [0.3, 0.4) is 0 Å². The van der Waals surface area contributed by atoms with Crippen molar-refractivity contribution in [2.45, 2.75) is 52.9 Å². The first-order valence-corrected chi connectivity index (χ1v) is 21.7. The van der Waals surface area contributed by atoms with Crippen molar-refractivity contribution in [3.05, 3.63) is 214 Å². The molecule has 0 saturated heterocycles. The van der Waals surface area contributed by atoms with Crippen molar-refractivity contribution in [3.8, 4) is 45.3 Å². The third kappa shape index (κ3) is 9.37. The summed E-state index contributed by atoms with van der Waals surface area (Å²) in [5, 5.41) is 8.89. The van der Waals surface area contributed by atoms with E-state index in [1.165, 1.54) is 63.1 Å². The highest BCUT2D eigenvalue weighted by Crippen LogP contribution is 2.36. The lowest BCUT2D eigenvalue weighted by atomic mass is 9.99. The summed E-state index contributed by atoms with van der Waals surface area (Å²) in [6, 6.07) is 21.9. The Morgan fingerprint density at radius 1 is 0.597 bits per heavy atom. The van der Waals surface area contributed by atoms with Crippen LogP contribution in [0, 0.1) is 27.0 Å². The topological polar surface area (TPSA) is 132 Å². The summed E-state index contributed by atoms with van der Waals surface area (Å²) in [5.41, 5.74) is 0.470. The van der Waals surface area contributed by atoms with Gasteiger partial charge in [0.2, 0.25) is 0 Å². The van der Waals surface area contributed by atoms with E-state index in [4.69, 9.17) is 13.1 Å². The summed E-state index contributed by atoms with van der Waals surface area (Å²) >= 11 is 0. The Bertz CT molecular complexity index is 3780. The molecule has 72 heavy (non-hydrogen) atoms. The summed E-state index contributed by atoms with van der Waals surface area (Å²) in [4.78, 5) is 59.9. The maximum atomic E-state index is 13.5. The van der Waals surface area contributed by atoms with Crippen molar-refractivity contribution in [3.63, 3.8) is 0 Å². The van der Waals surface area contributed by atoms with Gasteiger partial charge in [-0.05, 0) is 92.9 Å². The van der Waals surface area contributed by atoms with Crippen molar-refractivity contribution in [2.75, 3.05) is 0 Å². The summed E-state index contributed by atoms with van der Waals surface area (Å²) in [5.74, 6) is -0.0608. The Balaban J connectivity index is 0.000000211. The number of hydrogen-bond donors (Lipinski definition) is 0. The van der Waals surface area contributed by atoms with Gasteiger partial charge < -0.3 is 0 Å². The highest BCUT2D eigenvalue weighted by molar-refractivity contribution is 5.79. The van der Waals surface area contributed by atoms with Gasteiger partial charge in [-0.3, -0.25) is 27.9 Å². The van der Waals surface area contributed by atoms with Gasteiger partial charge in [0.05, 0.1) is 81.9 Å². The fourth-order valence-electron chi connectivity index (χ4n) is 8.09. The molecule has 0 spiro atoms. The molecule has 4 aromatic heterocycles. The lowest BCUT2D eigenvalue weighted by Gasteiger charge is -2.19. The van der Waals surface area contributed by atoms with Crippen LogP contribution in [0.25, 0.3) is 60.5 Å². The Labute approximate surface area is 406 Å². The molecular formula is C52H42F6N10O4. The fraction of sp³-hybridized carbons (Fsp3) is 0.192. The summed E-state index contributed by atoms with van der Waals surface area (Å²) in [6.07, 6.45) is -6.06. The lowest BCUT2D eigenvalue weighted by Crippen LogP contribution is -2.40. The van der Waals surface area contributed by atoms with Crippen LogP contribution < -0.4 is 22.5 Å². The van der Waals surface area contributed by atoms with E-state index in [9.17, 15) is 45.5 Å². The van der Waals surface area contributed by atoms with Crippen LogP contribution in [-0.2, 0) is 26.4 Å².